The van der Waals surface area contributed by atoms with Crippen LogP contribution < -0.4 is 5.73 Å². The average Bonchev–Trinajstić information content (AvgIpc) is 3.23. The van der Waals surface area contributed by atoms with E-state index in [4.69, 9.17) is 10.5 Å². The highest BCUT2D eigenvalue weighted by molar-refractivity contribution is 5.69. The van der Waals surface area contributed by atoms with Gasteiger partial charge < -0.3 is 20.6 Å². The molecule has 0 aromatic heterocycles. The van der Waals surface area contributed by atoms with Crippen LogP contribution >= 0.6 is 0 Å². The van der Waals surface area contributed by atoms with Crippen LogP contribution in [0.2, 0.25) is 0 Å². The number of nitrogens with two attached hydrogens (primary N) is 1. The highest BCUT2D eigenvalue weighted by atomic mass is 16.5. The van der Waals surface area contributed by atoms with Crippen molar-refractivity contribution in [1.82, 2.24) is 9.96 Å². The first-order valence-corrected chi connectivity index (χ1v) is 26.8. The molecule has 0 rings (SSSR count). The number of hydroxylamine groups is 2. The highest BCUT2D eigenvalue weighted by Gasteiger charge is 2.06. The van der Waals surface area contributed by atoms with E-state index >= 15 is 0 Å². The standard InChI is InChI=1S/C53H107N3O3/c1-3-5-7-9-11-13-15-16-17-18-19-20-22-28-34-40-47-55(51-46-54)48-41-35-29-23-21-25-32-38-44-52-59-53(57)45-39-33-27-26-31-37-43-50-56(58)49-42-36-30-24-14-12-10-8-6-4-2/h16-17,58H,3-15,18-52,54H2,1-2H3/b17-16-. The predicted molar refractivity (Wildman–Crippen MR) is 260 cm³/mol. The summed E-state index contributed by atoms with van der Waals surface area (Å²) in [5.74, 6) is -0.0106. The first-order valence-electron chi connectivity index (χ1n) is 26.8. The van der Waals surface area contributed by atoms with Crippen molar-refractivity contribution in [2.45, 2.75) is 277 Å². The molecule has 0 bridgehead atoms. The lowest BCUT2D eigenvalue weighted by Crippen LogP contribution is -2.31. The summed E-state index contributed by atoms with van der Waals surface area (Å²) >= 11 is 0. The lowest BCUT2D eigenvalue weighted by molar-refractivity contribution is -0.143. The fourth-order valence-electron chi connectivity index (χ4n) is 8.38. The summed E-state index contributed by atoms with van der Waals surface area (Å²) in [5.41, 5.74) is 5.93. The molecule has 0 unspecified atom stereocenters. The Morgan fingerprint density at radius 2 is 0.746 bits per heavy atom. The fraction of sp³-hybridized carbons (Fsp3) is 0.943. The van der Waals surface area contributed by atoms with Crippen LogP contribution in [0.5, 0.6) is 0 Å². The SMILES string of the molecule is CCCCCCCC/C=C\CCCCCCCCN(CCN)CCCCCCCCCCCOC(=O)CCCCCCCCCN(O)CCCCCCCCCCCC. The van der Waals surface area contributed by atoms with E-state index in [1.807, 2.05) is 0 Å². The monoisotopic (exact) mass is 834 g/mol. The van der Waals surface area contributed by atoms with Crippen LogP contribution in [0.15, 0.2) is 12.2 Å². The molecule has 0 spiro atoms. The number of esters is 1. The molecule has 0 aliphatic rings. The van der Waals surface area contributed by atoms with Crippen molar-refractivity contribution < 1.29 is 14.7 Å². The molecule has 6 heteroatoms. The van der Waals surface area contributed by atoms with Gasteiger partial charge in [-0.25, -0.2) is 0 Å². The van der Waals surface area contributed by atoms with Crippen molar-refractivity contribution in [3.05, 3.63) is 12.2 Å². The van der Waals surface area contributed by atoms with Gasteiger partial charge in [-0.1, -0.05) is 219 Å². The van der Waals surface area contributed by atoms with Gasteiger partial charge in [0.05, 0.1) is 6.61 Å². The summed E-state index contributed by atoms with van der Waals surface area (Å²) in [4.78, 5) is 14.7. The van der Waals surface area contributed by atoms with Crippen LogP contribution in [-0.2, 0) is 9.53 Å². The second-order valence-corrected chi connectivity index (χ2v) is 18.3. The van der Waals surface area contributed by atoms with E-state index in [1.165, 1.54) is 243 Å². The van der Waals surface area contributed by atoms with Crippen molar-refractivity contribution in [2.75, 3.05) is 45.9 Å². The summed E-state index contributed by atoms with van der Waals surface area (Å²) in [6, 6.07) is 0. The summed E-state index contributed by atoms with van der Waals surface area (Å²) in [5, 5.41) is 11.7. The van der Waals surface area contributed by atoms with Crippen molar-refractivity contribution in [2.24, 2.45) is 5.73 Å². The Morgan fingerprint density at radius 1 is 0.424 bits per heavy atom. The van der Waals surface area contributed by atoms with Crippen molar-refractivity contribution in [1.29, 1.82) is 0 Å². The van der Waals surface area contributed by atoms with E-state index in [0.29, 0.717) is 13.0 Å². The van der Waals surface area contributed by atoms with E-state index in [9.17, 15) is 10.0 Å². The average molecular weight is 834 g/mol. The molecular formula is C53H107N3O3. The van der Waals surface area contributed by atoms with E-state index in [2.05, 4.69) is 30.9 Å². The van der Waals surface area contributed by atoms with Gasteiger partial charge >= 0.3 is 5.97 Å². The van der Waals surface area contributed by atoms with Crippen LogP contribution in [0.25, 0.3) is 0 Å². The lowest BCUT2D eigenvalue weighted by atomic mass is 10.1. The number of carbonyl (C=O) groups excluding carboxylic acids is 1. The quantitative estimate of drug-likeness (QED) is 0.0275. The number of nitrogens with zero attached hydrogens (tertiary/aromatic N) is 2. The molecule has 0 heterocycles. The van der Waals surface area contributed by atoms with Gasteiger partial charge in [-0.2, -0.15) is 5.06 Å². The van der Waals surface area contributed by atoms with Crippen LogP contribution in [0, 0.1) is 0 Å². The molecule has 0 aromatic rings. The summed E-state index contributed by atoms with van der Waals surface area (Å²) in [6.45, 7) is 11.0. The molecule has 0 saturated heterocycles. The summed E-state index contributed by atoms with van der Waals surface area (Å²) < 4.78 is 5.50. The number of carbonyl (C=O) groups is 1. The Bertz CT molecular complexity index is 824. The molecule has 352 valence electrons. The molecule has 0 atom stereocenters. The molecular weight excluding hydrogens is 727 g/mol. The van der Waals surface area contributed by atoms with Crippen molar-refractivity contribution in [3.63, 3.8) is 0 Å². The van der Waals surface area contributed by atoms with Crippen LogP contribution in [0.4, 0.5) is 0 Å². The predicted octanol–water partition coefficient (Wildman–Crippen LogP) is 16.1. The Kier molecular flexibility index (Phi) is 50.6. The molecule has 0 aliphatic carbocycles. The third-order valence-corrected chi connectivity index (χ3v) is 12.4. The normalized spacial score (nSPS) is 11.9. The van der Waals surface area contributed by atoms with Gasteiger partial charge in [-0.3, -0.25) is 4.79 Å². The van der Waals surface area contributed by atoms with Crippen LogP contribution in [0.3, 0.4) is 0 Å². The maximum Gasteiger partial charge on any atom is 0.305 e. The number of unbranched alkanes of at least 4 members (excludes halogenated alkanes) is 35. The van der Waals surface area contributed by atoms with E-state index in [1.54, 1.807) is 0 Å². The number of hydrogen-bond donors (Lipinski definition) is 2. The van der Waals surface area contributed by atoms with Gasteiger partial charge in [0.1, 0.15) is 0 Å². The first kappa shape index (κ1) is 58.0. The number of ether oxygens (including phenoxy) is 1. The molecule has 6 nitrogen and oxygen atoms in total. The maximum atomic E-state index is 12.1. The zero-order valence-electron chi connectivity index (χ0n) is 40.3. The van der Waals surface area contributed by atoms with Gasteiger partial charge in [0.25, 0.3) is 0 Å². The summed E-state index contributed by atoms with van der Waals surface area (Å²) in [6.07, 6.45) is 57.3. The van der Waals surface area contributed by atoms with E-state index in [-0.39, 0.29) is 5.97 Å². The van der Waals surface area contributed by atoms with Gasteiger partial charge in [0.2, 0.25) is 0 Å². The zero-order chi connectivity index (χ0) is 42.8. The molecule has 0 aromatic carbocycles. The highest BCUT2D eigenvalue weighted by Crippen LogP contribution is 2.15. The smallest absolute Gasteiger partial charge is 0.305 e. The van der Waals surface area contributed by atoms with Crippen molar-refractivity contribution >= 4 is 5.97 Å². The second-order valence-electron chi connectivity index (χ2n) is 18.3. The van der Waals surface area contributed by atoms with E-state index < -0.39 is 0 Å². The Balaban J connectivity index is 3.42. The Labute approximate surface area is 370 Å². The zero-order valence-corrected chi connectivity index (χ0v) is 40.3. The molecule has 0 saturated carbocycles. The maximum absolute atomic E-state index is 12.1. The molecule has 3 N–H and O–H groups in total. The summed E-state index contributed by atoms with van der Waals surface area (Å²) in [7, 11) is 0. The second kappa shape index (κ2) is 51.4. The lowest BCUT2D eigenvalue weighted by Gasteiger charge is -2.21. The molecule has 0 amide bonds. The third-order valence-electron chi connectivity index (χ3n) is 12.4. The first-order chi connectivity index (χ1) is 29.1. The Morgan fingerprint density at radius 3 is 1.14 bits per heavy atom. The number of rotatable bonds is 51. The third kappa shape index (κ3) is 49.6. The topological polar surface area (TPSA) is 79.0 Å². The van der Waals surface area contributed by atoms with E-state index in [0.717, 1.165) is 58.3 Å². The number of allylic oxidation sites excluding steroid dienone is 2. The minimum Gasteiger partial charge on any atom is -0.466 e. The molecule has 0 radical (unpaired) electrons. The largest absolute Gasteiger partial charge is 0.466 e. The Hall–Kier alpha value is -0.950. The minimum atomic E-state index is -0.0106. The van der Waals surface area contributed by atoms with Gasteiger partial charge in [0.15, 0.2) is 0 Å². The van der Waals surface area contributed by atoms with Gasteiger partial charge in [-0.05, 0) is 77.3 Å². The van der Waals surface area contributed by atoms with Gasteiger partial charge in [0, 0.05) is 32.6 Å². The number of hydrogen-bond acceptors (Lipinski definition) is 6. The molecule has 0 fully saturated rings. The molecule has 0 aliphatic heterocycles. The minimum absolute atomic E-state index is 0.0106. The van der Waals surface area contributed by atoms with Crippen molar-refractivity contribution in [3.8, 4) is 0 Å². The van der Waals surface area contributed by atoms with Gasteiger partial charge in [-0.15, -0.1) is 0 Å². The van der Waals surface area contributed by atoms with Crippen LogP contribution in [-0.4, -0.2) is 67.0 Å². The van der Waals surface area contributed by atoms with Crippen LogP contribution in [0.1, 0.15) is 277 Å². The molecule has 59 heavy (non-hydrogen) atoms. The fourth-order valence-corrected chi connectivity index (χ4v) is 8.38.